The Bertz CT molecular complexity index is 350. The number of hydrogen-bond acceptors (Lipinski definition) is 3. The molecule has 0 aliphatic heterocycles. The average molecular weight is 214 g/mol. The molecule has 0 bridgehead atoms. The Morgan fingerprint density at radius 1 is 1.50 bits per heavy atom. The molecule has 2 unspecified atom stereocenters. The minimum Gasteiger partial charge on any atom is -0.508 e. The molecule has 4 nitrogen and oxygen atoms in total. The van der Waals surface area contributed by atoms with E-state index in [2.05, 4.69) is 0 Å². The van der Waals surface area contributed by atoms with Crippen molar-refractivity contribution in [3.8, 4) is 5.75 Å². The lowest BCUT2D eigenvalue weighted by Crippen LogP contribution is -2.12. The summed E-state index contributed by atoms with van der Waals surface area (Å²) in [6.07, 6.45) is 0.124. The van der Waals surface area contributed by atoms with Gasteiger partial charge in [-0.25, -0.2) is 0 Å². The van der Waals surface area contributed by atoms with Gasteiger partial charge in [0, 0.05) is 6.16 Å². The first-order valence-corrected chi connectivity index (χ1v) is 5.39. The van der Waals surface area contributed by atoms with Crippen molar-refractivity contribution in [1.82, 2.24) is 0 Å². The van der Waals surface area contributed by atoms with E-state index >= 15 is 0 Å². The van der Waals surface area contributed by atoms with Gasteiger partial charge in [0.2, 0.25) is 0 Å². The van der Waals surface area contributed by atoms with Crippen LogP contribution in [0.15, 0.2) is 24.3 Å². The molecule has 0 aromatic heterocycles. The third-order valence-corrected chi connectivity index (χ3v) is 2.57. The van der Waals surface area contributed by atoms with Crippen molar-refractivity contribution in [2.24, 2.45) is 0 Å². The van der Waals surface area contributed by atoms with Crippen LogP contribution in [0.4, 0.5) is 0 Å². The molecule has 0 heterocycles. The highest BCUT2D eigenvalue weighted by Crippen LogP contribution is 2.23. The molecule has 0 aliphatic carbocycles. The Kier molecular flexibility index (Phi) is 3.72. The summed E-state index contributed by atoms with van der Waals surface area (Å²) in [6, 6.07) is 6.02. The molecule has 1 aromatic carbocycles. The van der Waals surface area contributed by atoms with E-state index in [0.29, 0.717) is 5.56 Å². The lowest BCUT2D eigenvalue weighted by Gasteiger charge is -2.09. The molecule has 0 amide bonds. The Morgan fingerprint density at radius 3 is 2.71 bits per heavy atom. The van der Waals surface area contributed by atoms with Crippen LogP contribution >= 0.6 is 8.46 Å². The molecule has 14 heavy (non-hydrogen) atoms. The van der Waals surface area contributed by atoms with Crippen molar-refractivity contribution in [2.45, 2.75) is 5.92 Å². The highest BCUT2D eigenvalue weighted by Gasteiger charge is 2.18. The monoisotopic (exact) mass is 214 g/mol. The number of aliphatic carboxylic acids is 1. The van der Waals surface area contributed by atoms with E-state index < -0.39 is 20.3 Å². The van der Waals surface area contributed by atoms with E-state index in [0.717, 1.165) is 0 Å². The maximum absolute atomic E-state index is 10.8. The van der Waals surface area contributed by atoms with Crippen molar-refractivity contribution in [1.29, 1.82) is 0 Å². The number of carboxylic acid groups (broad SMARTS) is 1. The van der Waals surface area contributed by atoms with Crippen LogP contribution in [-0.4, -0.2) is 22.3 Å². The van der Waals surface area contributed by atoms with Gasteiger partial charge in [0.05, 0.1) is 14.4 Å². The molecule has 2 atom stereocenters. The zero-order chi connectivity index (χ0) is 10.6. The fraction of sp³-hybridized carbons (Fsp3) is 0.222. The quantitative estimate of drug-likeness (QED) is 0.741. The van der Waals surface area contributed by atoms with Crippen LogP contribution in [0.5, 0.6) is 5.75 Å². The third-order valence-electron chi connectivity index (χ3n) is 1.90. The van der Waals surface area contributed by atoms with Gasteiger partial charge in [0.15, 0.2) is 0 Å². The number of rotatable bonds is 4. The minimum absolute atomic E-state index is 0.0228. The Morgan fingerprint density at radius 2 is 2.21 bits per heavy atom. The number of phenols is 1. The summed E-state index contributed by atoms with van der Waals surface area (Å²) >= 11 is 0. The van der Waals surface area contributed by atoms with Gasteiger partial charge in [0.1, 0.15) is 5.75 Å². The average Bonchev–Trinajstić information content (AvgIpc) is 2.13. The molecule has 0 spiro atoms. The maximum Gasteiger partial charge on any atom is 0.311 e. The fourth-order valence-corrected chi connectivity index (χ4v) is 1.88. The van der Waals surface area contributed by atoms with Crippen molar-refractivity contribution in [2.75, 3.05) is 6.16 Å². The van der Waals surface area contributed by atoms with Crippen molar-refractivity contribution >= 4 is 14.4 Å². The van der Waals surface area contributed by atoms with E-state index in [1.807, 2.05) is 0 Å². The standard InChI is InChI=1S/C9H11O4P/c10-7-3-1-2-6(4-7)8(5-14-13)9(11)12/h1-4,8,10H,5,14H2,(H,11,12). The molecular formula is C9H11O4P. The largest absolute Gasteiger partial charge is 0.508 e. The summed E-state index contributed by atoms with van der Waals surface area (Å²) in [7, 11) is -1.10. The summed E-state index contributed by atoms with van der Waals surface area (Å²) in [5, 5.41) is 18.0. The van der Waals surface area contributed by atoms with Gasteiger partial charge in [-0.1, -0.05) is 12.1 Å². The highest BCUT2D eigenvalue weighted by atomic mass is 31.1. The normalized spacial score (nSPS) is 13.1. The molecule has 0 radical (unpaired) electrons. The van der Waals surface area contributed by atoms with Gasteiger partial charge in [-0.15, -0.1) is 0 Å². The van der Waals surface area contributed by atoms with E-state index in [1.54, 1.807) is 12.1 Å². The lowest BCUT2D eigenvalue weighted by atomic mass is 10.0. The summed E-state index contributed by atoms with van der Waals surface area (Å²) in [5.41, 5.74) is 0.487. The van der Waals surface area contributed by atoms with Crippen LogP contribution in [0, 0.1) is 0 Å². The second-order valence-corrected chi connectivity index (χ2v) is 3.69. The first-order chi connectivity index (χ1) is 6.65. The highest BCUT2D eigenvalue weighted by molar-refractivity contribution is 7.23. The Labute approximate surface area is 82.4 Å². The summed E-state index contributed by atoms with van der Waals surface area (Å²) in [6.45, 7) is 0. The lowest BCUT2D eigenvalue weighted by molar-refractivity contribution is -0.138. The minimum atomic E-state index is -1.10. The Balaban J connectivity index is 2.98. The molecule has 2 N–H and O–H groups in total. The molecule has 76 valence electrons. The van der Waals surface area contributed by atoms with Gasteiger partial charge < -0.3 is 14.8 Å². The van der Waals surface area contributed by atoms with Crippen LogP contribution in [-0.2, 0) is 9.36 Å². The van der Waals surface area contributed by atoms with Crippen molar-refractivity contribution in [3.05, 3.63) is 29.8 Å². The molecule has 0 saturated carbocycles. The molecule has 0 aliphatic rings. The number of aromatic hydroxyl groups is 1. The summed E-state index contributed by atoms with van der Waals surface area (Å²) in [4.78, 5) is 10.8. The van der Waals surface area contributed by atoms with Gasteiger partial charge in [-0.05, 0) is 17.7 Å². The zero-order valence-electron chi connectivity index (χ0n) is 7.38. The zero-order valence-corrected chi connectivity index (χ0v) is 8.54. The summed E-state index contributed by atoms with van der Waals surface area (Å²) < 4.78 is 10.5. The van der Waals surface area contributed by atoms with Gasteiger partial charge in [0.25, 0.3) is 0 Å². The van der Waals surface area contributed by atoms with Gasteiger partial charge in [-0.2, -0.15) is 0 Å². The maximum atomic E-state index is 10.8. The number of hydrogen-bond donors (Lipinski definition) is 2. The second-order valence-electron chi connectivity index (χ2n) is 2.89. The molecular weight excluding hydrogens is 203 g/mol. The molecule has 0 saturated heterocycles. The number of phenolic OH excluding ortho intramolecular Hbond substituents is 1. The van der Waals surface area contributed by atoms with E-state index in [9.17, 15) is 9.36 Å². The molecule has 0 fully saturated rings. The SMILES string of the molecule is O=[PH2]CC(C(=O)O)c1cccc(O)c1. The molecule has 1 aromatic rings. The molecule has 5 heteroatoms. The Hall–Kier alpha value is -1.28. The van der Waals surface area contributed by atoms with Gasteiger partial charge in [-0.3, -0.25) is 4.79 Å². The van der Waals surface area contributed by atoms with Crippen LogP contribution < -0.4 is 0 Å². The third kappa shape index (κ3) is 2.60. The van der Waals surface area contributed by atoms with Crippen LogP contribution in [0.1, 0.15) is 11.5 Å². The van der Waals surface area contributed by atoms with E-state index in [1.165, 1.54) is 12.1 Å². The topological polar surface area (TPSA) is 74.6 Å². The fourth-order valence-electron chi connectivity index (χ4n) is 1.22. The smallest absolute Gasteiger partial charge is 0.311 e. The van der Waals surface area contributed by atoms with Crippen molar-refractivity contribution < 1.29 is 19.6 Å². The second kappa shape index (κ2) is 4.82. The van der Waals surface area contributed by atoms with Crippen LogP contribution in [0.25, 0.3) is 0 Å². The molecule has 1 rings (SSSR count). The first kappa shape index (κ1) is 10.8. The predicted octanol–water partition coefficient (Wildman–Crippen LogP) is 1.32. The predicted molar refractivity (Wildman–Crippen MR) is 53.7 cm³/mol. The number of carbonyl (C=O) groups is 1. The van der Waals surface area contributed by atoms with E-state index in [4.69, 9.17) is 10.2 Å². The first-order valence-electron chi connectivity index (χ1n) is 4.10. The number of carboxylic acids is 1. The summed E-state index contributed by atoms with van der Waals surface area (Å²) in [5.74, 6) is -1.77. The van der Waals surface area contributed by atoms with Crippen LogP contribution in [0.2, 0.25) is 0 Å². The van der Waals surface area contributed by atoms with Crippen LogP contribution in [0.3, 0.4) is 0 Å². The number of benzene rings is 1. The van der Waals surface area contributed by atoms with E-state index in [-0.39, 0.29) is 11.9 Å². The van der Waals surface area contributed by atoms with Gasteiger partial charge >= 0.3 is 5.97 Å². The van der Waals surface area contributed by atoms with Crippen molar-refractivity contribution in [3.63, 3.8) is 0 Å².